The molecule has 1 saturated carbocycles. The number of nitrogens with zero attached hydrogens (tertiary/aromatic N) is 5. The number of likely N-dealkylation sites (tertiary alicyclic amines) is 1. The maximum Gasteiger partial charge on any atom is 0.408 e. The van der Waals surface area contributed by atoms with Gasteiger partial charge in [-0.2, -0.15) is 18.3 Å². The first kappa shape index (κ1) is 26.4. The number of carbonyl (C=O) groups excluding carboxylic acids is 3. The lowest BCUT2D eigenvalue weighted by Gasteiger charge is -2.46. The van der Waals surface area contributed by atoms with E-state index in [4.69, 9.17) is 5.73 Å². The molecule has 2 fully saturated rings. The molecule has 2 aliphatic rings. The summed E-state index contributed by atoms with van der Waals surface area (Å²) in [5.74, 6) is -2.63. The van der Waals surface area contributed by atoms with Crippen molar-refractivity contribution in [3.05, 3.63) is 36.2 Å². The lowest BCUT2D eigenvalue weighted by atomic mass is 9.81. The zero-order chi connectivity index (χ0) is 26.9. The van der Waals surface area contributed by atoms with Crippen LogP contribution in [-0.2, 0) is 23.1 Å². The molecule has 3 atom stereocenters. The summed E-state index contributed by atoms with van der Waals surface area (Å²) in [6, 6.07) is 0.105. The van der Waals surface area contributed by atoms with Crippen LogP contribution in [0.4, 0.5) is 29.6 Å². The second-order valence-electron chi connectivity index (χ2n) is 9.66. The molecule has 37 heavy (non-hydrogen) atoms. The van der Waals surface area contributed by atoms with Crippen molar-refractivity contribution in [2.45, 2.75) is 56.8 Å². The van der Waals surface area contributed by atoms with Gasteiger partial charge in [-0.1, -0.05) is 19.3 Å². The van der Waals surface area contributed by atoms with E-state index < -0.39 is 47.9 Å². The van der Waals surface area contributed by atoms with Crippen molar-refractivity contribution in [1.29, 1.82) is 0 Å². The molecule has 13 heteroatoms. The highest BCUT2D eigenvalue weighted by Crippen LogP contribution is 2.37. The van der Waals surface area contributed by atoms with Gasteiger partial charge in [0.1, 0.15) is 17.9 Å². The molecule has 0 spiro atoms. The van der Waals surface area contributed by atoms with Crippen LogP contribution >= 0.6 is 0 Å². The van der Waals surface area contributed by atoms with E-state index in [1.54, 1.807) is 31.4 Å². The van der Waals surface area contributed by atoms with Gasteiger partial charge in [0.2, 0.25) is 5.91 Å². The number of halogens is 3. The minimum absolute atomic E-state index is 0.0626. The number of imide groups is 1. The van der Waals surface area contributed by atoms with Crippen molar-refractivity contribution in [1.82, 2.24) is 25.0 Å². The second-order valence-corrected chi connectivity index (χ2v) is 9.66. The van der Waals surface area contributed by atoms with Crippen molar-refractivity contribution < 1.29 is 27.6 Å². The van der Waals surface area contributed by atoms with Gasteiger partial charge in [-0.25, -0.2) is 9.78 Å². The van der Waals surface area contributed by atoms with Gasteiger partial charge in [0.15, 0.2) is 5.82 Å². The number of urea groups is 1. The maximum absolute atomic E-state index is 13.9. The number of nitrogens with one attached hydrogen (secondary N) is 1. The molecule has 0 aromatic carbocycles. The van der Waals surface area contributed by atoms with E-state index in [1.807, 2.05) is 5.32 Å². The number of rotatable bonds is 6. The molecule has 0 bridgehead atoms. The predicted octanol–water partition coefficient (Wildman–Crippen LogP) is 2.65. The first-order valence-electron chi connectivity index (χ1n) is 12.1. The summed E-state index contributed by atoms with van der Waals surface area (Å²) < 4.78 is 43.3. The Balaban J connectivity index is 1.59. The summed E-state index contributed by atoms with van der Waals surface area (Å²) in [5.41, 5.74) is 6.34. The summed E-state index contributed by atoms with van der Waals surface area (Å²) in [6.45, 7) is 0. The number of hydrogen-bond donors (Lipinski definition) is 2. The van der Waals surface area contributed by atoms with Crippen LogP contribution in [0, 0.1) is 11.8 Å². The monoisotopic (exact) mass is 521 g/mol. The summed E-state index contributed by atoms with van der Waals surface area (Å²) in [4.78, 5) is 45.5. The van der Waals surface area contributed by atoms with Gasteiger partial charge in [-0.15, -0.1) is 0 Å². The quantitative estimate of drug-likeness (QED) is 0.563. The highest BCUT2D eigenvalue weighted by molar-refractivity contribution is 6.12. The van der Waals surface area contributed by atoms with Gasteiger partial charge in [0, 0.05) is 32.6 Å². The predicted molar refractivity (Wildman–Crippen MR) is 128 cm³/mol. The Morgan fingerprint density at radius 3 is 2.54 bits per heavy atom. The van der Waals surface area contributed by atoms with E-state index in [0.717, 1.165) is 6.42 Å². The molecule has 3 heterocycles. The van der Waals surface area contributed by atoms with Crippen molar-refractivity contribution in [3.8, 4) is 0 Å². The molecule has 1 aliphatic heterocycles. The number of aryl methyl sites for hydroxylation is 1. The number of nitrogen functional groups attached to an aromatic ring is 1. The fourth-order valence-corrected chi connectivity index (χ4v) is 5.16. The van der Waals surface area contributed by atoms with Gasteiger partial charge >= 0.3 is 12.2 Å². The molecule has 1 aliphatic carbocycles. The molecule has 0 unspecified atom stereocenters. The first-order valence-corrected chi connectivity index (χ1v) is 12.1. The van der Waals surface area contributed by atoms with Crippen LogP contribution in [0.2, 0.25) is 0 Å². The van der Waals surface area contributed by atoms with E-state index in [0.29, 0.717) is 36.1 Å². The van der Waals surface area contributed by atoms with Crippen molar-refractivity contribution in [3.63, 3.8) is 0 Å². The van der Waals surface area contributed by atoms with Gasteiger partial charge < -0.3 is 11.1 Å². The van der Waals surface area contributed by atoms with Crippen LogP contribution in [0.15, 0.2) is 30.6 Å². The Morgan fingerprint density at radius 2 is 1.95 bits per heavy atom. The molecular formula is C24H30F3N7O3. The average molecular weight is 522 g/mol. The molecule has 2 aromatic heterocycles. The third kappa shape index (κ3) is 5.54. The minimum atomic E-state index is -4.69. The topological polar surface area (TPSA) is 126 Å². The van der Waals surface area contributed by atoms with Crippen LogP contribution in [0.25, 0.3) is 0 Å². The normalized spacial score (nSPS) is 21.3. The smallest absolute Gasteiger partial charge is 0.384 e. The number of likely N-dealkylation sites (N-methyl/N-ethyl adjacent to an activating group) is 1. The molecular weight excluding hydrogens is 491 g/mol. The van der Waals surface area contributed by atoms with E-state index in [1.165, 1.54) is 22.8 Å². The highest BCUT2D eigenvalue weighted by atomic mass is 19.4. The summed E-state index contributed by atoms with van der Waals surface area (Å²) in [5, 5.41) is 6.21. The Labute approximate surface area is 212 Å². The SMILES string of the molecule is CN(C(=O)[C@@H]1[C@@H](Cc2ccnc(N)c2)C(=O)N1C(=O)N[C@@H](C1CCCCC1)C(F)(F)F)c1ccn(C)n1. The molecule has 1 saturated heterocycles. The average Bonchev–Trinajstić information content (AvgIpc) is 3.29. The number of anilines is 2. The lowest BCUT2D eigenvalue weighted by molar-refractivity contribution is -0.170. The molecule has 4 rings (SSSR count). The number of alkyl halides is 3. The van der Waals surface area contributed by atoms with Gasteiger partial charge in [-0.05, 0) is 42.9 Å². The number of amides is 4. The van der Waals surface area contributed by atoms with Gasteiger partial charge in [0.05, 0.1) is 5.92 Å². The van der Waals surface area contributed by atoms with Crippen molar-refractivity contribution in [2.24, 2.45) is 18.9 Å². The highest BCUT2D eigenvalue weighted by Gasteiger charge is 2.57. The zero-order valence-electron chi connectivity index (χ0n) is 20.6. The maximum atomic E-state index is 13.9. The number of aromatic nitrogens is 3. The summed E-state index contributed by atoms with van der Waals surface area (Å²) in [7, 11) is 3.10. The fraction of sp³-hybridized carbons (Fsp3) is 0.542. The largest absolute Gasteiger partial charge is 0.408 e. The Bertz CT molecular complexity index is 1160. The van der Waals surface area contributed by atoms with Crippen LogP contribution in [0.3, 0.4) is 0 Å². The number of carbonyl (C=O) groups is 3. The van der Waals surface area contributed by atoms with Crippen LogP contribution in [0.5, 0.6) is 0 Å². The molecule has 3 N–H and O–H groups in total. The summed E-state index contributed by atoms with van der Waals surface area (Å²) in [6.07, 6.45) is 1.22. The molecule has 4 amide bonds. The lowest BCUT2D eigenvalue weighted by Crippen LogP contribution is -2.71. The molecule has 2 aromatic rings. The van der Waals surface area contributed by atoms with E-state index in [9.17, 15) is 27.6 Å². The number of hydrogen-bond acceptors (Lipinski definition) is 6. The van der Waals surface area contributed by atoms with Crippen LogP contribution in [0.1, 0.15) is 37.7 Å². The van der Waals surface area contributed by atoms with Crippen LogP contribution in [-0.4, -0.2) is 62.8 Å². The Morgan fingerprint density at radius 1 is 1.24 bits per heavy atom. The summed E-state index contributed by atoms with van der Waals surface area (Å²) >= 11 is 0. The molecule has 200 valence electrons. The number of nitrogens with two attached hydrogens (primary N) is 1. The third-order valence-electron chi connectivity index (χ3n) is 7.11. The Hall–Kier alpha value is -3.64. The van der Waals surface area contributed by atoms with Gasteiger partial charge in [-0.3, -0.25) is 24.1 Å². The van der Waals surface area contributed by atoms with E-state index in [-0.39, 0.29) is 18.1 Å². The van der Waals surface area contributed by atoms with Crippen molar-refractivity contribution >= 4 is 29.5 Å². The standard InChI is InChI=1S/C24H30F3N7O3/c1-32-11-9-18(31-32)33(2)22(36)19-16(12-14-8-10-29-17(28)13-14)21(35)34(19)23(37)30-20(24(25,26)27)15-6-4-3-5-7-15/h8-11,13,15-16,19-20H,3-7,12H2,1-2H3,(H2,28,29)(H,30,37)/t16-,19+,20+/m1/s1. The van der Waals surface area contributed by atoms with Crippen LogP contribution < -0.4 is 16.0 Å². The minimum Gasteiger partial charge on any atom is -0.384 e. The fourth-order valence-electron chi connectivity index (χ4n) is 5.16. The zero-order valence-corrected chi connectivity index (χ0v) is 20.6. The van der Waals surface area contributed by atoms with Crippen molar-refractivity contribution in [2.75, 3.05) is 17.7 Å². The molecule has 10 nitrogen and oxygen atoms in total. The Kier molecular flexibility index (Phi) is 7.42. The second kappa shape index (κ2) is 10.4. The molecule has 0 radical (unpaired) electrons. The van der Waals surface area contributed by atoms with E-state index >= 15 is 0 Å². The number of β-lactam (4-membered cyclic amide) rings is 1. The van der Waals surface area contributed by atoms with Gasteiger partial charge in [0.25, 0.3) is 5.91 Å². The first-order chi connectivity index (χ1) is 17.5. The number of pyridine rings is 1. The third-order valence-corrected chi connectivity index (χ3v) is 7.11. The van der Waals surface area contributed by atoms with E-state index in [2.05, 4.69) is 10.1 Å².